The molecule has 0 amide bonds. The zero-order valence-corrected chi connectivity index (χ0v) is 8.69. The highest BCUT2D eigenvalue weighted by atomic mass is 79.9. The van der Waals surface area contributed by atoms with E-state index in [9.17, 15) is 4.79 Å². The number of carbonyl (C=O) groups is 1. The van der Waals surface area contributed by atoms with Gasteiger partial charge in [0.2, 0.25) is 6.29 Å². The summed E-state index contributed by atoms with van der Waals surface area (Å²) in [4.78, 5) is 14.3. The summed E-state index contributed by atoms with van der Waals surface area (Å²) in [6.45, 7) is 0. The molecular weight excluding hydrogens is 246 g/mol. The van der Waals surface area contributed by atoms with Crippen LogP contribution in [0, 0.1) is 0 Å². The van der Waals surface area contributed by atoms with Crippen molar-refractivity contribution >= 4 is 22.2 Å². The molecule has 3 nitrogen and oxygen atoms in total. The Labute approximate surface area is 88.9 Å². The van der Waals surface area contributed by atoms with Crippen molar-refractivity contribution in [1.29, 1.82) is 0 Å². The highest BCUT2D eigenvalue weighted by Gasteiger charge is 2.04. The quantitative estimate of drug-likeness (QED) is 0.771. The molecule has 0 spiro atoms. The van der Waals surface area contributed by atoms with Gasteiger partial charge in [0.1, 0.15) is 12.0 Å². The van der Waals surface area contributed by atoms with Crippen molar-refractivity contribution in [1.82, 2.24) is 4.98 Å². The third-order valence-electron chi connectivity index (χ3n) is 1.76. The van der Waals surface area contributed by atoms with Crippen molar-refractivity contribution in [2.75, 3.05) is 0 Å². The zero-order valence-electron chi connectivity index (χ0n) is 7.11. The van der Waals surface area contributed by atoms with Gasteiger partial charge in [-0.1, -0.05) is 28.1 Å². The minimum atomic E-state index is 0.0999. The zero-order chi connectivity index (χ0) is 9.97. The fraction of sp³-hybridized carbons (Fsp3) is 0. The molecular formula is C10H6BrNO2. The number of rotatable bonds is 2. The number of benzene rings is 1. The van der Waals surface area contributed by atoms with Crippen LogP contribution in [0.1, 0.15) is 10.7 Å². The Hall–Kier alpha value is -1.42. The molecule has 0 saturated carbocycles. The van der Waals surface area contributed by atoms with E-state index in [0.717, 1.165) is 10.0 Å². The molecule has 1 aromatic carbocycles. The van der Waals surface area contributed by atoms with Crippen LogP contribution in [0.4, 0.5) is 0 Å². The summed E-state index contributed by atoms with van der Waals surface area (Å²) in [5, 5.41) is 0. The van der Waals surface area contributed by atoms with Crippen LogP contribution in [0.2, 0.25) is 0 Å². The van der Waals surface area contributed by atoms with Crippen LogP contribution in [0.25, 0.3) is 11.3 Å². The van der Waals surface area contributed by atoms with E-state index < -0.39 is 0 Å². The number of aldehydes is 1. The van der Waals surface area contributed by atoms with Crippen molar-refractivity contribution < 1.29 is 9.21 Å². The second-order valence-electron chi connectivity index (χ2n) is 2.70. The fourth-order valence-corrected chi connectivity index (χ4v) is 1.36. The topological polar surface area (TPSA) is 43.1 Å². The lowest BCUT2D eigenvalue weighted by atomic mass is 10.2. The van der Waals surface area contributed by atoms with E-state index in [-0.39, 0.29) is 5.89 Å². The van der Waals surface area contributed by atoms with Crippen LogP contribution >= 0.6 is 15.9 Å². The van der Waals surface area contributed by atoms with E-state index in [1.54, 1.807) is 0 Å². The second-order valence-corrected chi connectivity index (χ2v) is 3.61. The molecule has 0 atom stereocenters. The SMILES string of the molecule is O=Cc1nc(-c2ccc(Br)cc2)co1. The monoisotopic (exact) mass is 251 g/mol. The van der Waals surface area contributed by atoms with Crippen molar-refractivity contribution in [2.45, 2.75) is 0 Å². The molecule has 4 heteroatoms. The van der Waals surface area contributed by atoms with Gasteiger partial charge in [-0.2, -0.15) is 0 Å². The number of carbonyl (C=O) groups excluding carboxylic acids is 1. The van der Waals surface area contributed by atoms with Crippen molar-refractivity contribution in [3.8, 4) is 11.3 Å². The van der Waals surface area contributed by atoms with Crippen LogP contribution in [-0.4, -0.2) is 11.3 Å². The molecule has 1 aromatic heterocycles. The fourth-order valence-electron chi connectivity index (χ4n) is 1.09. The van der Waals surface area contributed by atoms with E-state index in [2.05, 4.69) is 20.9 Å². The van der Waals surface area contributed by atoms with Crippen molar-refractivity contribution in [3.05, 3.63) is 40.9 Å². The van der Waals surface area contributed by atoms with E-state index in [1.165, 1.54) is 6.26 Å². The summed E-state index contributed by atoms with van der Waals surface area (Å²) in [7, 11) is 0. The van der Waals surface area contributed by atoms with Gasteiger partial charge in [0.05, 0.1) is 0 Å². The molecule has 0 radical (unpaired) electrons. The van der Waals surface area contributed by atoms with Gasteiger partial charge in [-0.05, 0) is 12.1 Å². The maximum Gasteiger partial charge on any atom is 0.260 e. The van der Waals surface area contributed by atoms with E-state index in [0.29, 0.717) is 12.0 Å². The Kier molecular flexibility index (Phi) is 2.45. The van der Waals surface area contributed by atoms with Crippen LogP contribution < -0.4 is 0 Å². The van der Waals surface area contributed by atoms with Crippen LogP contribution in [-0.2, 0) is 0 Å². The summed E-state index contributed by atoms with van der Waals surface area (Å²) in [5.74, 6) is 0.0999. The summed E-state index contributed by atoms with van der Waals surface area (Å²) in [6.07, 6.45) is 2.05. The van der Waals surface area contributed by atoms with Gasteiger partial charge in [-0.25, -0.2) is 4.98 Å². The predicted molar refractivity (Wildman–Crippen MR) is 55.0 cm³/mol. The first kappa shape index (κ1) is 9.15. The Morgan fingerprint density at radius 2 is 2.00 bits per heavy atom. The lowest BCUT2D eigenvalue weighted by molar-refractivity contribution is 0.109. The van der Waals surface area contributed by atoms with Crippen molar-refractivity contribution in [3.63, 3.8) is 0 Å². The third-order valence-corrected chi connectivity index (χ3v) is 2.29. The lowest BCUT2D eigenvalue weighted by Gasteiger charge is -1.94. The van der Waals surface area contributed by atoms with Crippen LogP contribution in [0.15, 0.2) is 39.4 Å². The highest BCUT2D eigenvalue weighted by molar-refractivity contribution is 9.10. The summed E-state index contributed by atoms with van der Waals surface area (Å²) >= 11 is 3.34. The maximum absolute atomic E-state index is 10.3. The summed E-state index contributed by atoms with van der Waals surface area (Å²) < 4.78 is 5.91. The first-order valence-electron chi connectivity index (χ1n) is 3.96. The average molecular weight is 252 g/mol. The smallest absolute Gasteiger partial charge is 0.260 e. The van der Waals surface area contributed by atoms with Gasteiger partial charge in [0.25, 0.3) is 5.89 Å². The lowest BCUT2D eigenvalue weighted by Crippen LogP contribution is -1.80. The molecule has 0 N–H and O–H groups in total. The van der Waals surface area contributed by atoms with Gasteiger partial charge >= 0.3 is 0 Å². The Balaban J connectivity index is 2.39. The minimum Gasteiger partial charge on any atom is -0.442 e. The molecule has 0 aliphatic carbocycles. The molecule has 14 heavy (non-hydrogen) atoms. The van der Waals surface area contributed by atoms with Crippen LogP contribution in [0.3, 0.4) is 0 Å². The molecule has 0 fully saturated rings. The standard InChI is InChI=1S/C10H6BrNO2/c11-8-3-1-7(2-4-8)9-6-14-10(5-13)12-9/h1-6H. The third kappa shape index (κ3) is 1.75. The molecule has 0 unspecified atom stereocenters. The van der Waals surface area contributed by atoms with E-state index >= 15 is 0 Å². The molecule has 1 heterocycles. The average Bonchev–Trinajstić information content (AvgIpc) is 2.67. The summed E-state index contributed by atoms with van der Waals surface area (Å²) in [5.41, 5.74) is 1.59. The van der Waals surface area contributed by atoms with Crippen LogP contribution in [0.5, 0.6) is 0 Å². The molecule has 0 saturated heterocycles. The van der Waals surface area contributed by atoms with Crippen molar-refractivity contribution in [2.24, 2.45) is 0 Å². The highest BCUT2D eigenvalue weighted by Crippen LogP contribution is 2.20. The predicted octanol–water partition coefficient (Wildman–Crippen LogP) is 2.92. The first-order chi connectivity index (χ1) is 6.79. The van der Waals surface area contributed by atoms with Gasteiger partial charge in [-0.3, -0.25) is 4.79 Å². The molecule has 70 valence electrons. The normalized spacial score (nSPS) is 10.1. The number of oxazole rings is 1. The molecule has 0 aliphatic rings. The first-order valence-corrected chi connectivity index (χ1v) is 4.75. The van der Waals surface area contributed by atoms with Gasteiger partial charge in [0.15, 0.2) is 0 Å². The molecule has 0 bridgehead atoms. The number of hydrogen-bond donors (Lipinski definition) is 0. The largest absolute Gasteiger partial charge is 0.442 e. The van der Waals surface area contributed by atoms with E-state index in [1.807, 2.05) is 24.3 Å². The Bertz CT molecular complexity index is 447. The maximum atomic E-state index is 10.3. The number of hydrogen-bond acceptors (Lipinski definition) is 3. The minimum absolute atomic E-state index is 0.0999. The second kappa shape index (κ2) is 3.75. The van der Waals surface area contributed by atoms with E-state index in [4.69, 9.17) is 4.42 Å². The number of aromatic nitrogens is 1. The number of nitrogens with zero attached hydrogens (tertiary/aromatic N) is 1. The summed E-state index contributed by atoms with van der Waals surface area (Å²) in [6, 6.07) is 7.61. The molecule has 2 rings (SSSR count). The molecule has 2 aromatic rings. The van der Waals surface area contributed by atoms with Gasteiger partial charge in [0, 0.05) is 10.0 Å². The Morgan fingerprint density at radius 1 is 1.29 bits per heavy atom. The van der Waals surface area contributed by atoms with Gasteiger partial charge in [-0.15, -0.1) is 0 Å². The number of halogens is 1. The molecule has 0 aliphatic heterocycles. The Morgan fingerprint density at radius 3 is 2.57 bits per heavy atom. The van der Waals surface area contributed by atoms with Gasteiger partial charge < -0.3 is 4.42 Å².